The smallest absolute Gasteiger partial charge is 0.225 e. The van der Waals surface area contributed by atoms with Crippen molar-refractivity contribution < 1.29 is 4.79 Å². The lowest BCUT2D eigenvalue weighted by atomic mass is 9.74. The zero-order valence-electron chi connectivity index (χ0n) is 12.1. The van der Waals surface area contributed by atoms with Gasteiger partial charge in [0.15, 0.2) is 0 Å². The van der Waals surface area contributed by atoms with Crippen molar-refractivity contribution in [1.82, 2.24) is 5.32 Å². The molecule has 0 bridgehead atoms. The van der Waals surface area contributed by atoms with Gasteiger partial charge in [-0.3, -0.25) is 4.79 Å². The van der Waals surface area contributed by atoms with Gasteiger partial charge in [-0.25, -0.2) is 0 Å². The Morgan fingerprint density at radius 1 is 1.39 bits per heavy atom. The van der Waals surface area contributed by atoms with Crippen LogP contribution in [0.5, 0.6) is 0 Å². The highest BCUT2D eigenvalue weighted by Crippen LogP contribution is 2.31. The van der Waals surface area contributed by atoms with Gasteiger partial charge in [0.2, 0.25) is 5.91 Å². The number of nitrogens with two attached hydrogens (primary N) is 2. The van der Waals surface area contributed by atoms with Crippen molar-refractivity contribution in [3.05, 3.63) is 0 Å². The maximum Gasteiger partial charge on any atom is 0.225 e. The fourth-order valence-corrected chi connectivity index (χ4v) is 2.68. The van der Waals surface area contributed by atoms with Gasteiger partial charge in [0.05, 0.1) is 5.92 Å². The molecule has 1 rings (SSSR count). The lowest BCUT2D eigenvalue weighted by molar-refractivity contribution is -0.128. The van der Waals surface area contributed by atoms with Crippen LogP contribution >= 0.6 is 0 Å². The minimum Gasteiger partial charge on any atom is -0.354 e. The van der Waals surface area contributed by atoms with Gasteiger partial charge in [-0.05, 0) is 32.6 Å². The predicted molar refractivity (Wildman–Crippen MR) is 75.1 cm³/mol. The molecule has 1 aliphatic carbocycles. The van der Waals surface area contributed by atoms with Crippen LogP contribution in [0.4, 0.5) is 0 Å². The number of carbonyl (C=O) groups is 1. The topological polar surface area (TPSA) is 81.1 Å². The van der Waals surface area contributed by atoms with Crippen molar-refractivity contribution >= 4 is 5.91 Å². The van der Waals surface area contributed by atoms with Crippen LogP contribution in [0.2, 0.25) is 0 Å². The second-order valence-electron chi connectivity index (χ2n) is 6.09. The third kappa shape index (κ3) is 3.69. The molecule has 0 aromatic carbocycles. The number of nitrogens with one attached hydrogen (secondary N) is 1. The zero-order valence-corrected chi connectivity index (χ0v) is 12.1. The molecule has 1 aliphatic rings. The Morgan fingerprint density at radius 2 is 2.00 bits per heavy atom. The summed E-state index contributed by atoms with van der Waals surface area (Å²) in [5.41, 5.74) is 11.8. The van der Waals surface area contributed by atoms with E-state index < -0.39 is 0 Å². The fraction of sp³-hybridized carbons (Fsp3) is 0.929. The standard InChI is InChI=1S/C14H29N3O/c1-4-14(16,5-2)10-17-12(18)11-8-6-7-9-13(11,3)15/h11H,4-10,15-16H2,1-3H3,(H,17,18). The summed E-state index contributed by atoms with van der Waals surface area (Å²) in [5, 5.41) is 3.01. The van der Waals surface area contributed by atoms with Gasteiger partial charge < -0.3 is 16.8 Å². The molecule has 0 spiro atoms. The Hall–Kier alpha value is -0.610. The summed E-state index contributed by atoms with van der Waals surface area (Å²) in [5.74, 6) is 0.0145. The lowest BCUT2D eigenvalue weighted by Crippen LogP contribution is -2.56. The van der Waals surface area contributed by atoms with Crippen LogP contribution in [0.15, 0.2) is 0 Å². The highest BCUT2D eigenvalue weighted by molar-refractivity contribution is 5.80. The number of hydrogen-bond donors (Lipinski definition) is 3. The summed E-state index contributed by atoms with van der Waals surface area (Å²) in [6.07, 6.45) is 5.79. The van der Waals surface area contributed by atoms with Crippen LogP contribution in [0.3, 0.4) is 0 Å². The Kier molecular flexibility index (Phi) is 5.17. The van der Waals surface area contributed by atoms with Crippen LogP contribution in [0.25, 0.3) is 0 Å². The molecular weight excluding hydrogens is 226 g/mol. The van der Waals surface area contributed by atoms with Crippen LogP contribution in [-0.2, 0) is 4.79 Å². The summed E-state index contributed by atoms with van der Waals surface area (Å²) in [6, 6.07) is 0. The van der Waals surface area contributed by atoms with E-state index in [0.29, 0.717) is 6.54 Å². The molecule has 18 heavy (non-hydrogen) atoms. The van der Waals surface area contributed by atoms with Crippen LogP contribution in [-0.4, -0.2) is 23.5 Å². The van der Waals surface area contributed by atoms with E-state index in [1.165, 1.54) is 0 Å². The van der Waals surface area contributed by atoms with E-state index in [9.17, 15) is 4.79 Å². The maximum absolute atomic E-state index is 12.2. The SMILES string of the molecule is CCC(N)(CC)CNC(=O)C1CCCCC1(C)N. The molecule has 0 heterocycles. The van der Waals surface area contributed by atoms with Crippen molar-refractivity contribution in [2.45, 2.75) is 70.4 Å². The third-order valence-corrected chi connectivity index (χ3v) is 4.59. The Bertz CT molecular complexity index is 285. The van der Waals surface area contributed by atoms with Gasteiger partial charge in [0.1, 0.15) is 0 Å². The van der Waals surface area contributed by atoms with E-state index in [1.807, 2.05) is 6.92 Å². The summed E-state index contributed by atoms with van der Waals surface area (Å²) in [4.78, 5) is 12.2. The Labute approximate surface area is 111 Å². The van der Waals surface area contributed by atoms with Gasteiger partial charge >= 0.3 is 0 Å². The van der Waals surface area contributed by atoms with E-state index in [1.54, 1.807) is 0 Å². The lowest BCUT2D eigenvalue weighted by Gasteiger charge is -2.38. The summed E-state index contributed by atoms with van der Waals surface area (Å²) >= 11 is 0. The van der Waals surface area contributed by atoms with Gasteiger partial charge in [-0.2, -0.15) is 0 Å². The first-order valence-corrected chi connectivity index (χ1v) is 7.20. The van der Waals surface area contributed by atoms with Gasteiger partial charge in [-0.1, -0.05) is 26.7 Å². The highest BCUT2D eigenvalue weighted by atomic mass is 16.1. The van der Waals surface area contributed by atoms with E-state index in [0.717, 1.165) is 38.5 Å². The van der Waals surface area contributed by atoms with Gasteiger partial charge in [0.25, 0.3) is 0 Å². The molecule has 5 N–H and O–H groups in total. The quantitative estimate of drug-likeness (QED) is 0.697. The summed E-state index contributed by atoms with van der Waals surface area (Å²) in [6.45, 7) is 6.66. The van der Waals surface area contributed by atoms with Crippen molar-refractivity contribution in [3.8, 4) is 0 Å². The average molecular weight is 255 g/mol. The minimum absolute atomic E-state index is 0.0655. The van der Waals surface area contributed by atoms with Crippen LogP contribution in [0.1, 0.15) is 59.3 Å². The van der Waals surface area contributed by atoms with Gasteiger partial charge in [-0.15, -0.1) is 0 Å². The molecule has 0 aromatic heterocycles. The molecule has 1 saturated carbocycles. The normalized spacial score (nSPS) is 29.1. The third-order valence-electron chi connectivity index (χ3n) is 4.59. The molecule has 1 fully saturated rings. The molecule has 4 nitrogen and oxygen atoms in total. The molecular formula is C14H29N3O. The van der Waals surface area contributed by atoms with E-state index in [-0.39, 0.29) is 22.9 Å². The molecule has 1 amide bonds. The number of amides is 1. The molecule has 2 atom stereocenters. The molecule has 0 aliphatic heterocycles. The van der Waals surface area contributed by atoms with E-state index >= 15 is 0 Å². The molecule has 0 radical (unpaired) electrons. The van der Waals surface area contributed by atoms with Crippen molar-refractivity contribution in [2.75, 3.05) is 6.54 Å². The van der Waals surface area contributed by atoms with Crippen molar-refractivity contribution in [1.29, 1.82) is 0 Å². The molecule has 0 saturated heterocycles. The van der Waals surface area contributed by atoms with Crippen molar-refractivity contribution in [2.24, 2.45) is 17.4 Å². The molecule has 2 unspecified atom stereocenters. The highest BCUT2D eigenvalue weighted by Gasteiger charge is 2.38. The molecule has 106 valence electrons. The molecule has 4 heteroatoms. The van der Waals surface area contributed by atoms with Crippen LogP contribution < -0.4 is 16.8 Å². The number of rotatable bonds is 5. The van der Waals surface area contributed by atoms with E-state index in [2.05, 4.69) is 19.2 Å². The van der Waals surface area contributed by atoms with E-state index in [4.69, 9.17) is 11.5 Å². The first-order valence-electron chi connectivity index (χ1n) is 7.20. The summed E-state index contributed by atoms with van der Waals surface area (Å²) < 4.78 is 0. The largest absolute Gasteiger partial charge is 0.354 e. The fourth-order valence-electron chi connectivity index (χ4n) is 2.68. The Morgan fingerprint density at radius 3 is 2.50 bits per heavy atom. The number of carbonyl (C=O) groups excluding carboxylic acids is 1. The maximum atomic E-state index is 12.2. The zero-order chi connectivity index (χ0) is 13.8. The first kappa shape index (κ1) is 15.4. The number of hydrogen-bond acceptors (Lipinski definition) is 3. The monoisotopic (exact) mass is 255 g/mol. The first-order chi connectivity index (χ1) is 8.34. The predicted octanol–water partition coefficient (Wildman–Crippen LogP) is 1.53. The second-order valence-corrected chi connectivity index (χ2v) is 6.09. The Balaban J connectivity index is 2.54. The summed E-state index contributed by atoms with van der Waals surface area (Å²) in [7, 11) is 0. The van der Waals surface area contributed by atoms with Crippen molar-refractivity contribution in [3.63, 3.8) is 0 Å². The average Bonchev–Trinajstić information content (AvgIpc) is 2.35. The van der Waals surface area contributed by atoms with Gasteiger partial charge in [0, 0.05) is 17.6 Å². The second kappa shape index (κ2) is 6.02. The molecule has 0 aromatic rings. The van der Waals surface area contributed by atoms with Crippen LogP contribution in [0, 0.1) is 5.92 Å². The minimum atomic E-state index is -0.363.